The van der Waals surface area contributed by atoms with Crippen molar-refractivity contribution in [1.29, 1.82) is 0 Å². The standard InChI is InChI=1S/C24H21N7O2/c1-2-18-10-17(3-4-21(18)25-7-1)14-31-24-23(29-30-31)27-13-19(28-24)11-16-5-8-26-22(12-16)33-20-6-9-32-15-20/h1-5,7-8,10,12-13,20H,6,9,11,14-15H2/t20-/m1/s1. The minimum Gasteiger partial charge on any atom is -0.472 e. The fourth-order valence-corrected chi connectivity index (χ4v) is 3.99. The molecule has 1 aliphatic rings. The zero-order valence-corrected chi connectivity index (χ0v) is 17.8. The molecule has 0 unspecified atom stereocenters. The van der Waals surface area contributed by atoms with Gasteiger partial charge in [0.05, 0.1) is 37.2 Å². The van der Waals surface area contributed by atoms with Crippen molar-refractivity contribution in [3.8, 4) is 5.88 Å². The molecular formula is C24H21N7O2. The Morgan fingerprint density at radius 2 is 2.03 bits per heavy atom. The molecule has 33 heavy (non-hydrogen) atoms. The van der Waals surface area contributed by atoms with E-state index in [-0.39, 0.29) is 6.10 Å². The lowest BCUT2D eigenvalue weighted by atomic mass is 10.1. The van der Waals surface area contributed by atoms with Crippen molar-refractivity contribution in [2.75, 3.05) is 13.2 Å². The van der Waals surface area contributed by atoms with Gasteiger partial charge in [-0.25, -0.2) is 19.6 Å². The van der Waals surface area contributed by atoms with Crippen LogP contribution >= 0.6 is 0 Å². The monoisotopic (exact) mass is 439 g/mol. The fraction of sp³-hybridized carbons (Fsp3) is 0.250. The SMILES string of the molecule is c1cnc2ccc(Cn3nnc4ncc(Cc5ccnc(O[C@@H]6CCOC6)c5)nc43)cc2c1. The first-order valence-corrected chi connectivity index (χ1v) is 10.9. The van der Waals surface area contributed by atoms with E-state index in [0.29, 0.717) is 36.7 Å². The van der Waals surface area contributed by atoms with Crippen LogP contribution in [0.4, 0.5) is 0 Å². The van der Waals surface area contributed by atoms with Gasteiger partial charge in [0.15, 0.2) is 5.65 Å². The van der Waals surface area contributed by atoms with E-state index < -0.39 is 0 Å². The van der Waals surface area contributed by atoms with Gasteiger partial charge >= 0.3 is 0 Å². The van der Waals surface area contributed by atoms with Gasteiger partial charge in [-0.05, 0) is 35.4 Å². The molecule has 0 radical (unpaired) electrons. The van der Waals surface area contributed by atoms with Crippen molar-refractivity contribution >= 4 is 22.2 Å². The average Bonchev–Trinajstić information content (AvgIpc) is 3.49. The third-order valence-corrected chi connectivity index (χ3v) is 5.64. The second-order valence-corrected chi connectivity index (χ2v) is 8.07. The van der Waals surface area contributed by atoms with Crippen molar-refractivity contribution in [2.24, 2.45) is 0 Å². The van der Waals surface area contributed by atoms with E-state index >= 15 is 0 Å². The Kier molecular flexibility index (Phi) is 5.08. The van der Waals surface area contributed by atoms with E-state index in [4.69, 9.17) is 14.5 Å². The molecule has 1 atom stereocenters. The molecule has 6 rings (SSSR count). The van der Waals surface area contributed by atoms with Gasteiger partial charge in [-0.2, -0.15) is 0 Å². The first-order chi connectivity index (χ1) is 16.3. The van der Waals surface area contributed by atoms with Crippen LogP contribution in [0.3, 0.4) is 0 Å². The lowest BCUT2D eigenvalue weighted by molar-refractivity contribution is 0.138. The predicted molar refractivity (Wildman–Crippen MR) is 121 cm³/mol. The van der Waals surface area contributed by atoms with E-state index in [1.54, 1.807) is 23.3 Å². The Labute approximate surface area is 189 Å². The molecule has 1 saturated heterocycles. The van der Waals surface area contributed by atoms with Crippen LogP contribution < -0.4 is 4.74 Å². The maximum atomic E-state index is 5.93. The normalized spacial score (nSPS) is 15.9. The molecule has 5 aromatic rings. The summed E-state index contributed by atoms with van der Waals surface area (Å²) >= 11 is 0. The summed E-state index contributed by atoms with van der Waals surface area (Å²) in [7, 11) is 0. The van der Waals surface area contributed by atoms with E-state index in [9.17, 15) is 0 Å². The van der Waals surface area contributed by atoms with Crippen LogP contribution in [0.25, 0.3) is 22.2 Å². The lowest BCUT2D eigenvalue weighted by Crippen LogP contribution is -2.16. The summed E-state index contributed by atoms with van der Waals surface area (Å²) in [4.78, 5) is 18.0. The minimum atomic E-state index is 0.0650. The molecule has 0 aliphatic carbocycles. The number of rotatable bonds is 6. The van der Waals surface area contributed by atoms with Gasteiger partial charge in [-0.3, -0.25) is 4.98 Å². The summed E-state index contributed by atoms with van der Waals surface area (Å²) in [5.74, 6) is 0.606. The summed E-state index contributed by atoms with van der Waals surface area (Å²) in [6.07, 6.45) is 6.86. The van der Waals surface area contributed by atoms with Gasteiger partial charge in [0.25, 0.3) is 0 Å². The fourth-order valence-electron chi connectivity index (χ4n) is 3.99. The third-order valence-electron chi connectivity index (χ3n) is 5.64. The number of benzene rings is 1. The molecule has 1 aromatic carbocycles. The number of hydrogen-bond donors (Lipinski definition) is 0. The van der Waals surface area contributed by atoms with E-state index in [0.717, 1.165) is 40.8 Å². The first-order valence-electron chi connectivity index (χ1n) is 10.9. The molecule has 164 valence electrons. The van der Waals surface area contributed by atoms with Gasteiger partial charge in [0.2, 0.25) is 11.5 Å². The Bertz CT molecular complexity index is 1430. The van der Waals surface area contributed by atoms with Crippen molar-refractivity contribution < 1.29 is 9.47 Å². The van der Waals surface area contributed by atoms with Crippen molar-refractivity contribution in [2.45, 2.75) is 25.5 Å². The van der Waals surface area contributed by atoms with Crippen LogP contribution in [0, 0.1) is 0 Å². The van der Waals surface area contributed by atoms with Crippen LogP contribution in [-0.4, -0.2) is 54.2 Å². The van der Waals surface area contributed by atoms with Crippen LogP contribution in [0.1, 0.15) is 23.2 Å². The average molecular weight is 439 g/mol. The summed E-state index contributed by atoms with van der Waals surface area (Å²) in [6.45, 7) is 1.90. The highest BCUT2D eigenvalue weighted by Crippen LogP contribution is 2.19. The molecular weight excluding hydrogens is 418 g/mol. The van der Waals surface area contributed by atoms with Gasteiger partial charge in [-0.1, -0.05) is 17.3 Å². The van der Waals surface area contributed by atoms with Crippen molar-refractivity contribution in [3.05, 3.63) is 77.9 Å². The Balaban J connectivity index is 1.23. The molecule has 4 aromatic heterocycles. The highest BCUT2D eigenvalue weighted by atomic mass is 16.5. The second kappa shape index (κ2) is 8.51. The van der Waals surface area contributed by atoms with Gasteiger partial charge in [-0.15, -0.1) is 5.10 Å². The van der Waals surface area contributed by atoms with Gasteiger partial charge < -0.3 is 9.47 Å². The topological polar surface area (TPSA) is 101 Å². The lowest BCUT2D eigenvalue weighted by Gasteiger charge is -2.11. The molecule has 0 bridgehead atoms. The molecule has 0 saturated carbocycles. The number of aromatic nitrogens is 7. The smallest absolute Gasteiger partial charge is 0.221 e. The summed E-state index contributed by atoms with van der Waals surface area (Å²) < 4.78 is 13.1. The maximum Gasteiger partial charge on any atom is 0.221 e. The molecule has 0 spiro atoms. The third kappa shape index (κ3) is 4.22. The zero-order valence-electron chi connectivity index (χ0n) is 17.8. The Hall–Kier alpha value is -3.98. The summed E-state index contributed by atoms with van der Waals surface area (Å²) in [5.41, 5.74) is 5.13. The molecule has 0 N–H and O–H groups in total. The van der Waals surface area contributed by atoms with Crippen molar-refractivity contribution in [1.82, 2.24) is 34.9 Å². The minimum absolute atomic E-state index is 0.0650. The van der Waals surface area contributed by atoms with Gasteiger partial charge in [0, 0.05) is 36.7 Å². The van der Waals surface area contributed by atoms with Gasteiger partial charge in [0.1, 0.15) is 6.10 Å². The number of pyridine rings is 2. The summed E-state index contributed by atoms with van der Waals surface area (Å²) in [5, 5.41) is 9.55. The number of nitrogens with zero attached hydrogens (tertiary/aromatic N) is 7. The summed E-state index contributed by atoms with van der Waals surface area (Å²) in [6, 6.07) is 14.1. The number of hydrogen-bond acceptors (Lipinski definition) is 8. The second-order valence-electron chi connectivity index (χ2n) is 8.07. The highest BCUT2D eigenvalue weighted by molar-refractivity contribution is 5.79. The zero-order chi connectivity index (χ0) is 22.0. The van der Waals surface area contributed by atoms with Crippen LogP contribution in [0.5, 0.6) is 5.88 Å². The molecule has 9 heteroatoms. The molecule has 0 amide bonds. The Morgan fingerprint density at radius 3 is 2.97 bits per heavy atom. The maximum absolute atomic E-state index is 5.93. The van der Waals surface area contributed by atoms with Crippen LogP contribution in [-0.2, 0) is 17.7 Å². The van der Waals surface area contributed by atoms with Crippen LogP contribution in [0.2, 0.25) is 0 Å². The molecule has 5 heterocycles. The molecule has 1 aliphatic heterocycles. The van der Waals surface area contributed by atoms with E-state index in [1.807, 2.05) is 30.3 Å². The highest BCUT2D eigenvalue weighted by Gasteiger charge is 2.18. The largest absolute Gasteiger partial charge is 0.472 e. The molecule has 9 nitrogen and oxygen atoms in total. The predicted octanol–water partition coefficient (Wildman–Crippen LogP) is 2.97. The van der Waals surface area contributed by atoms with Crippen LogP contribution in [0.15, 0.2) is 61.1 Å². The first kappa shape index (κ1) is 19.7. The Morgan fingerprint density at radius 1 is 1.03 bits per heavy atom. The number of fused-ring (bicyclic) bond motifs is 2. The van der Waals surface area contributed by atoms with E-state index in [2.05, 4.69) is 37.4 Å². The van der Waals surface area contributed by atoms with E-state index in [1.165, 1.54) is 0 Å². The quantitative estimate of drug-likeness (QED) is 0.398. The molecule has 1 fully saturated rings. The number of ether oxygens (including phenoxy) is 2. The van der Waals surface area contributed by atoms with Crippen molar-refractivity contribution in [3.63, 3.8) is 0 Å².